The average molecular weight is 550 g/mol. The minimum atomic E-state index is -0.602. The number of anilines is 2. The number of aromatic nitrogens is 4. The van der Waals surface area contributed by atoms with E-state index >= 15 is 0 Å². The Morgan fingerprint density at radius 2 is 2.05 bits per heavy atom. The van der Waals surface area contributed by atoms with E-state index in [0.717, 1.165) is 74.7 Å². The second-order valence-corrected chi connectivity index (χ2v) is 12.1. The summed E-state index contributed by atoms with van der Waals surface area (Å²) in [4.78, 5) is 20.1. The summed E-state index contributed by atoms with van der Waals surface area (Å²) in [5.74, 6) is 2.43. The summed E-state index contributed by atoms with van der Waals surface area (Å²) in [5.41, 5.74) is 7.05. The molecule has 0 bridgehead atoms. The van der Waals surface area contributed by atoms with Gasteiger partial charge in [0.2, 0.25) is 23.4 Å². The number of nitrogen functional groups attached to an aromatic ring is 1. The third-order valence-corrected chi connectivity index (χ3v) is 9.48. The Hall–Kier alpha value is -3.27. The van der Waals surface area contributed by atoms with E-state index in [9.17, 15) is 5.26 Å². The zero-order valence-corrected chi connectivity index (χ0v) is 23.6. The van der Waals surface area contributed by atoms with Crippen LogP contribution in [0.5, 0.6) is 5.88 Å². The Morgan fingerprint density at radius 1 is 1.23 bits per heavy atom. The van der Waals surface area contributed by atoms with Crippen molar-refractivity contribution >= 4 is 22.2 Å². The highest BCUT2D eigenvalue weighted by atomic mass is 32.1. The van der Waals surface area contributed by atoms with E-state index < -0.39 is 5.41 Å². The number of aryl methyl sites for hydroxylation is 1. The van der Waals surface area contributed by atoms with Crippen molar-refractivity contribution in [2.24, 2.45) is 0 Å². The van der Waals surface area contributed by atoms with Gasteiger partial charge in [0.1, 0.15) is 23.0 Å². The lowest BCUT2D eigenvalue weighted by Gasteiger charge is -2.30. The van der Waals surface area contributed by atoms with Gasteiger partial charge in [0.25, 0.3) is 0 Å². The second-order valence-electron chi connectivity index (χ2n) is 11.0. The standard InChI is InChI=1S/C27H35N9O2S/c1-16(18-6-5-11-35(18)3)37-21-14-20(36-12-9-30-10-13-36)31-24(32-21)25-33-26(38-34-25)27(2)8-4-7-19-22(27)17(15-28)23(29)39-19/h14,16,18,30H,4-13,29H2,1-3H3/t16-,18-,27-/m0/s1. The number of nitriles is 1. The summed E-state index contributed by atoms with van der Waals surface area (Å²) in [7, 11) is 2.14. The molecule has 6 rings (SSSR count). The first-order chi connectivity index (χ1) is 18.9. The van der Waals surface area contributed by atoms with Crippen LogP contribution in [0.15, 0.2) is 10.6 Å². The Balaban J connectivity index is 1.36. The normalized spacial score (nSPS) is 24.4. The van der Waals surface area contributed by atoms with E-state index in [4.69, 9.17) is 29.9 Å². The number of likely N-dealkylation sites (N-methyl/N-ethyl adjacent to an activating group) is 1. The van der Waals surface area contributed by atoms with Crippen molar-refractivity contribution in [3.8, 4) is 23.6 Å². The zero-order chi connectivity index (χ0) is 27.1. The van der Waals surface area contributed by atoms with Crippen LogP contribution in [0.4, 0.5) is 10.8 Å². The number of nitrogens with two attached hydrogens (primary N) is 1. The Kier molecular flexibility index (Phi) is 6.91. The SMILES string of the molecule is C[C@H](Oc1cc(N2CCNCC2)nc(-c2noc([C@@]3(C)CCCc4sc(N)c(C#N)c43)n2)n1)[C@@H]1CCCN1C. The average Bonchev–Trinajstić information content (AvgIpc) is 3.68. The molecule has 0 amide bonds. The van der Waals surface area contributed by atoms with Gasteiger partial charge in [0, 0.05) is 48.7 Å². The van der Waals surface area contributed by atoms with Crippen LogP contribution in [-0.4, -0.2) is 76.9 Å². The van der Waals surface area contributed by atoms with Gasteiger partial charge in [-0.3, -0.25) is 4.90 Å². The number of fused-ring (bicyclic) bond motifs is 1. The van der Waals surface area contributed by atoms with Crippen molar-refractivity contribution in [3.63, 3.8) is 0 Å². The highest BCUT2D eigenvalue weighted by Crippen LogP contribution is 2.48. The van der Waals surface area contributed by atoms with Crippen molar-refractivity contribution in [1.82, 2.24) is 30.3 Å². The van der Waals surface area contributed by atoms with Crippen LogP contribution in [0.1, 0.15) is 61.4 Å². The van der Waals surface area contributed by atoms with E-state index in [1.54, 1.807) is 0 Å². The van der Waals surface area contributed by atoms with Gasteiger partial charge in [0.15, 0.2) is 0 Å². The maximum atomic E-state index is 9.84. The molecule has 2 saturated heterocycles. The number of likely N-dealkylation sites (tertiary alicyclic amines) is 1. The largest absolute Gasteiger partial charge is 0.473 e. The quantitative estimate of drug-likeness (QED) is 0.468. The number of piperazine rings is 1. The molecule has 2 fully saturated rings. The summed E-state index contributed by atoms with van der Waals surface area (Å²) >= 11 is 1.49. The fourth-order valence-electron chi connectivity index (χ4n) is 6.28. The van der Waals surface area contributed by atoms with Crippen molar-refractivity contribution in [3.05, 3.63) is 28.0 Å². The van der Waals surface area contributed by atoms with Crippen LogP contribution in [0.25, 0.3) is 11.6 Å². The molecule has 0 aromatic carbocycles. The van der Waals surface area contributed by atoms with Crippen molar-refractivity contribution in [2.45, 2.75) is 63.5 Å². The van der Waals surface area contributed by atoms with Crippen molar-refractivity contribution in [2.75, 3.05) is 50.4 Å². The number of thiophene rings is 1. The Morgan fingerprint density at radius 3 is 2.79 bits per heavy atom. The first-order valence-electron chi connectivity index (χ1n) is 13.8. The molecule has 2 aliphatic heterocycles. The molecule has 0 spiro atoms. The predicted molar refractivity (Wildman–Crippen MR) is 149 cm³/mol. The van der Waals surface area contributed by atoms with Crippen LogP contribution in [0.2, 0.25) is 0 Å². The van der Waals surface area contributed by atoms with E-state index in [-0.39, 0.29) is 6.10 Å². The van der Waals surface area contributed by atoms with Crippen LogP contribution in [0.3, 0.4) is 0 Å². The van der Waals surface area contributed by atoms with E-state index in [0.29, 0.717) is 40.0 Å². The first-order valence-corrected chi connectivity index (χ1v) is 14.6. The molecular weight excluding hydrogens is 514 g/mol. The molecule has 0 unspecified atom stereocenters. The maximum Gasteiger partial charge on any atom is 0.240 e. The van der Waals surface area contributed by atoms with Crippen LogP contribution in [0, 0.1) is 11.3 Å². The smallest absolute Gasteiger partial charge is 0.240 e. The van der Waals surface area contributed by atoms with Gasteiger partial charge in [-0.1, -0.05) is 5.16 Å². The van der Waals surface area contributed by atoms with Crippen molar-refractivity contribution < 1.29 is 9.26 Å². The van der Waals surface area contributed by atoms with E-state index in [1.165, 1.54) is 17.8 Å². The van der Waals surface area contributed by atoms with Gasteiger partial charge in [0.05, 0.1) is 11.0 Å². The van der Waals surface area contributed by atoms with Gasteiger partial charge in [-0.05, 0) is 59.5 Å². The maximum absolute atomic E-state index is 9.84. The fourth-order valence-corrected chi connectivity index (χ4v) is 7.47. The van der Waals surface area contributed by atoms with Gasteiger partial charge < -0.3 is 25.2 Å². The summed E-state index contributed by atoms with van der Waals surface area (Å²) in [6, 6.07) is 4.57. The third kappa shape index (κ3) is 4.73. The summed E-state index contributed by atoms with van der Waals surface area (Å²) < 4.78 is 12.3. The summed E-state index contributed by atoms with van der Waals surface area (Å²) in [5, 5.41) is 18.1. The molecule has 3 aromatic rings. The molecule has 5 heterocycles. The van der Waals surface area contributed by atoms with E-state index in [2.05, 4.69) is 47.2 Å². The lowest BCUT2D eigenvalue weighted by molar-refractivity contribution is 0.117. The second kappa shape index (κ2) is 10.4. The van der Waals surface area contributed by atoms with Crippen LogP contribution < -0.4 is 20.7 Å². The Bertz CT molecular complexity index is 1390. The molecule has 11 nitrogen and oxygen atoms in total. The molecule has 3 aromatic heterocycles. The monoisotopic (exact) mass is 549 g/mol. The molecule has 1 aliphatic carbocycles. The molecule has 39 heavy (non-hydrogen) atoms. The van der Waals surface area contributed by atoms with Gasteiger partial charge in [-0.15, -0.1) is 11.3 Å². The summed E-state index contributed by atoms with van der Waals surface area (Å²) in [6.45, 7) is 8.69. The number of ether oxygens (including phenoxy) is 1. The zero-order valence-electron chi connectivity index (χ0n) is 22.7. The molecule has 206 valence electrons. The topological polar surface area (TPSA) is 142 Å². The van der Waals surface area contributed by atoms with E-state index in [1.807, 2.05) is 6.07 Å². The van der Waals surface area contributed by atoms with Gasteiger partial charge in [-0.2, -0.15) is 15.2 Å². The minimum Gasteiger partial charge on any atom is -0.473 e. The van der Waals surface area contributed by atoms with Gasteiger partial charge >= 0.3 is 0 Å². The number of rotatable bonds is 6. The highest BCUT2D eigenvalue weighted by molar-refractivity contribution is 7.16. The first kappa shape index (κ1) is 26.0. The molecule has 0 radical (unpaired) electrons. The Labute approximate surface area is 232 Å². The molecule has 3 N–H and O–H groups in total. The molecule has 3 atom stereocenters. The molecular formula is C27H35N9O2S. The number of hydrogen-bond acceptors (Lipinski definition) is 12. The molecule has 12 heteroatoms. The highest BCUT2D eigenvalue weighted by Gasteiger charge is 2.43. The lowest BCUT2D eigenvalue weighted by atomic mass is 9.72. The molecule has 0 saturated carbocycles. The fraction of sp³-hybridized carbons (Fsp3) is 0.593. The number of nitrogens with one attached hydrogen (secondary N) is 1. The minimum absolute atomic E-state index is 0.0232. The van der Waals surface area contributed by atoms with Gasteiger partial charge in [-0.25, -0.2) is 4.98 Å². The number of hydrogen-bond donors (Lipinski definition) is 2. The van der Waals surface area contributed by atoms with Crippen LogP contribution in [-0.2, 0) is 11.8 Å². The summed E-state index contributed by atoms with van der Waals surface area (Å²) in [6.07, 6.45) is 4.89. The van der Waals surface area contributed by atoms with Crippen molar-refractivity contribution in [1.29, 1.82) is 5.26 Å². The van der Waals surface area contributed by atoms with Crippen LogP contribution >= 0.6 is 11.3 Å². The molecule has 3 aliphatic rings. The predicted octanol–water partition coefficient (Wildman–Crippen LogP) is 2.96. The lowest BCUT2D eigenvalue weighted by Crippen LogP contribution is -2.44. The third-order valence-electron chi connectivity index (χ3n) is 8.41. The number of nitrogens with zero attached hydrogens (tertiary/aromatic N) is 7.